The molecule has 20 heavy (non-hydrogen) atoms. The number of rotatable bonds is 3. The van der Waals surface area contributed by atoms with E-state index in [9.17, 15) is 9.50 Å². The predicted molar refractivity (Wildman–Crippen MR) is 74.1 cm³/mol. The summed E-state index contributed by atoms with van der Waals surface area (Å²) in [6.07, 6.45) is 1.08. The van der Waals surface area contributed by atoms with Gasteiger partial charge in [0.1, 0.15) is 5.82 Å². The van der Waals surface area contributed by atoms with Gasteiger partial charge in [-0.1, -0.05) is 18.2 Å². The first kappa shape index (κ1) is 13.1. The summed E-state index contributed by atoms with van der Waals surface area (Å²) in [5.74, 6) is -0.374. The van der Waals surface area contributed by atoms with E-state index in [1.807, 2.05) is 24.4 Å². The third kappa shape index (κ3) is 2.28. The Balaban J connectivity index is 2.07. The first-order valence-electron chi connectivity index (χ1n) is 6.11. The molecule has 0 spiro atoms. The first-order chi connectivity index (χ1) is 9.66. The van der Waals surface area contributed by atoms with E-state index in [1.54, 1.807) is 23.5 Å². The molecule has 0 saturated carbocycles. The van der Waals surface area contributed by atoms with E-state index in [1.165, 1.54) is 6.07 Å². The maximum atomic E-state index is 14.0. The Bertz CT molecular complexity index is 757. The van der Waals surface area contributed by atoms with E-state index in [0.717, 1.165) is 11.8 Å². The number of aliphatic hydroxyl groups excluding tert-OH is 1. The van der Waals surface area contributed by atoms with E-state index in [0.29, 0.717) is 21.3 Å². The van der Waals surface area contributed by atoms with Crippen molar-refractivity contribution in [1.82, 2.24) is 14.6 Å². The Kier molecular flexibility index (Phi) is 3.42. The minimum absolute atomic E-state index is 0.374. The molecule has 0 aliphatic rings. The Morgan fingerprint density at radius 3 is 2.85 bits per heavy atom. The van der Waals surface area contributed by atoms with Gasteiger partial charge >= 0.3 is 0 Å². The van der Waals surface area contributed by atoms with Crippen molar-refractivity contribution in [1.29, 1.82) is 0 Å². The van der Waals surface area contributed by atoms with Crippen molar-refractivity contribution in [3.8, 4) is 0 Å². The average molecular weight is 289 g/mol. The molecule has 0 unspecified atom stereocenters. The second-order valence-corrected chi connectivity index (χ2v) is 5.33. The maximum Gasteiger partial charge on any atom is 0.200 e. The SMILES string of the molecule is C[C@@H](O)c1cccc(F)c1Sc1nnc2ccccn12. The number of benzene rings is 1. The van der Waals surface area contributed by atoms with Crippen LogP contribution in [-0.2, 0) is 0 Å². The zero-order valence-electron chi connectivity index (χ0n) is 10.7. The van der Waals surface area contributed by atoms with Gasteiger partial charge in [0.2, 0.25) is 5.16 Å². The van der Waals surface area contributed by atoms with Crippen molar-refractivity contribution < 1.29 is 9.50 Å². The second-order valence-electron chi connectivity index (χ2n) is 4.35. The van der Waals surface area contributed by atoms with Crippen LogP contribution in [-0.4, -0.2) is 19.7 Å². The summed E-state index contributed by atoms with van der Waals surface area (Å²) in [6.45, 7) is 1.61. The molecule has 3 aromatic rings. The lowest BCUT2D eigenvalue weighted by molar-refractivity contribution is 0.195. The molecule has 2 aromatic heterocycles. The van der Waals surface area contributed by atoms with E-state index in [2.05, 4.69) is 10.2 Å². The number of halogens is 1. The van der Waals surface area contributed by atoms with Crippen LogP contribution in [0.15, 0.2) is 52.6 Å². The summed E-state index contributed by atoms with van der Waals surface area (Å²) in [6, 6.07) is 10.2. The largest absolute Gasteiger partial charge is 0.389 e. The van der Waals surface area contributed by atoms with Crippen LogP contribution in [0.2, 0.25) is 0 Å². The maximum absolute atomic E-state index is 14.0. The monoisotopic (exact) mass is 289 g/mol. The van der Waals surface area contributed by atoms with Gasteiger partial charge in [-0.15, -0.1) is 10.2 Å². The number of nitrogens with zero attached hydrogens (tertiary/aromatic N) is 3. The van der Waals surface area contributed by atoms with Crippen molar-refractivity contribution in [3.05, 3.63) is 54.0 Å². The van der Waals surface area contributed by atoms with Gasteiger partial charge in [0.05, 0.1) is 11.0 Å². The topological polar surface area (TPSA) is 50.4 Å². The van der Waals surface area contributed by atoms with E-state index in [4.69, 9.17) is 0 Å². The van der Waals surface area contributed by atoms with Crippen molar-refractivity contribution in [2.24, 2.45) is 0 Å². The fourth-order valence-corrected chi connectivity index (χ4v) is 2.98. The number of hydrogen-bond acceptors (Lipinski definition) is 4. The third-order valence-electron chi connectivity index (χ3n) is 2.92. The summed E-state index contributed by atoms with van der Waals surface area (Å²) >= 11 is 1.16. The smallest absolute Gasteiger partial charge is 0.200 e. The summed E-state index contributed by atoms with van der Waals surface area (Å²) in [7, 11) is 0. The van der Waals surface area contributed by atoms with Gasteiger partial charge in [-0.05, 0) is 42.4 Å². The van der Waals surface area contributed by atoms with Crippen LogP contribution < -0.4 is 0 Å². The van der Waals surface area contributed by atoms with Crippen LogP contribution in [0.4, 0.5) is 4.39 Å². The lowest BCUT2D eigenvalue weighted by Gasteiger charge is -2.11. The molecule has 102 valence electrons. The van der Waals surface area contributed by atoms with Gasteiger partial charge in [-0.25, -0.2) is 4.39 Å². The van der Waals surface area contributed by atoms with Crippen LogP contribution in [0.5, 0.6) is 0 Å². The molecule has 1 atom stereocenters. The predicted octanol–water partition coefficient (Wildman–Crippen LogP) is 3.07. The Hall–Kier alpha value is -1.92. The van der Waals surface area contributed by atoms with Crippen molar-refractivity contribution >= 4 is 17.4 Å². The molecule has 0 aliphatic heterocycles. The summed E-state index contributed by atoms with van der Waals surface area (Å²) in [5, 5.41) is 18.4. The molecule has 6 heteroatoms. The van der Waals surface area contributed by atoms with E-state index in [-0.39, 0.29) is 5.82 Å². The number of hydrogen-bond donors (Lipinski definition) is 1. The fourth-order valence-electron chi connectivity index (χ4n) is 1.94. The fraction of sp³-hybridized carbons (Fsp3) is 0.143. The standard InChI is InChI=1S/C14H12FN3OS/c1-9(19)10-5-4-6-11(15)13(10)20-14-17-16-12-7-2-3-8-18(12)14/h2-9,19H,1H3/t9-/m1/s1. The van der Waals surface area contributed by atoms with Crippen LogP contribution >= 0.6 is 11.8 Å². The molecule has 1 aromatic carbocycles. The highest BCUT2D eigenvalue weighted by Crippen LogP contribution is 2.34. The van der Waals surface area contributed by atoms with Crippen LogP contribution in [0, 0.1) is 5.82 Å². The number of fused-ring (bicyclic) bond motifs is 1. The lowest BCUT2D eigenvalue weighted by Crippen LogP contribution is -1.97. The summed E-state index contributed by atoms with van der Waals surface area (Å²) in [5.41, 5.74) is 1.24. The molecule has 0 fully saturated rings. The lowest BCUT2D eigenvalue weighted by atomic mass is 10.1. The van der Waals surface area contributed by atoms with E-state index < -0.39 is 6.10 Å². The Labute approximate surface area is 119 Å². The molecular formula is C14H12FN3OS. The Morgan fingerprint density at radius 1 is 1.20 bits per heavy atom. The van der Waals surface area contributed by atoms with Gasteiger partial charge in [-0.2, -0.15) is 0 Å². The molecule has 2 heterocycles. The minimum atomic E-state index is -0.743. The summed E-state index contributed by atoms with van der Waals surface area (Å²) < 4.78 is 15.8. The van der Waals surface area contributed by atoms with Crippen molar-refractivity contribution in [3.63, 3.8) is 0 Å². The van der Waals surface area contributed by atoms with Gasteiger partial charge < -0.3 is 5.11 Å². The van der Waals surface area contributed by atoms with Gasteiger partial charge in [0.25, 0.3) is 0 Å². The van der Waals surface area contributed by atoms with Crippen molar-refractivity contribution in [2.45, 2.75) is 23.1 Å². The van der Waals surface area contributed by atoms with Gasteiger partial charge in [0, 0.05) is 6.20 Å². The van der Waals surface area contributed by atoms with Crippen molar-refractivity contribution in [2.75, 3.05) is 0 Å². The molecule has 0 bridgehead atoms. The Morgan fingerprint density at radius 2 is 2.05 bits per heavy atom. The highest BCUT2D eigenvalue weighted by molar-refractivity contribution is 7.99. The number of pyridine rings is 1. The first-order valence-corrected chi connectivity index (χ1v) is 6.92. The zero-order chi connectivity index (χ0) is 14.1. The van der Waals surface area contributed by atoms with Gasteiger partial charge in [-0.3, -0.25) is 4.40 Å². The normalized spacial score (nSPS) is 12.8. The van der Waals surface area contributed by atoms with Crippen LogP contribution in [0.1, 0.15) is 18.6 Å². The van der Waals surface area contributed by atoms with E-state index >= 15 is 0 Å². The molecule has 1 N–H and O–H groups in total. The molecule has 4 nitrogen and oxygen atoms in total. The highest BCUT2D eigenvalue weighted by Gasteiger charge is 2.16. The zero-order valence-corrected chi connectivity index (χ0v) is 11.5. The molecule has 3 rings (SSSR count). The molecule has 0 aliphatic carbocycles. The third-order valence-corrected chi connectivity index (χ3v) is 4.02. The molecule has 0 amide bonds. The number of aliphatic hydroxyl groups is 1. The second kappa shape index (κ2) is 5.22. The minimum Gasteiger partial charge on any atom is -0.389 e. The average Bonchev–Trinajstić information content (AvgIpc) is 2.84. The molecular weight excluding hydrogens is 277 g/mol. The summed E-state index contributed by atoms with van der Waals surface area (Å²) in [4.78, 5) is 0.376. The number of aromatic nitrogens is 3. The van der Waals surface area contributed by atoms with Crippen LogP contribution in [0.3, 0.4) is 0 Å². The molecule has 0 saturated heterocycles. The van der Waals surface area contributed by atoms with Crippen LogP contribution in [0.25, 0.3) is 5.65 Å². The van der Waals surface area contributed by atoms with Gasteiger partial charge in [0.15, 0.2) is 5.65 Å². The quantitative estimate of drug-likeness (QED) is 0.805. The molecule has 0 radical (unpaired) electrons. The highest BCUT2D eigenvalue weighted by atomic mass is 32.2.